The number of carbonyl (C=O) groups is 1. The monoisotopic (exact) mass is 341 g/mol. The summed E-state index contributed by atoms with van der Waals surface area (Å²) in [5, 5.41) is 13.0. The summed E-state index contributed by atoms with van der Waals surface area (Å²) in [6.07, 6.45) is 1.82. The van der Waals surface area contributed by atoms with Crippen LogP contribution in [0.4, 0.5) is 10.1 Å². The number of hydrogen-bond donors (Lipinski definition) is 2. The third-order valence-corrected chi connectivity index (χ3v) is 4.62. The number of nitrogens with zero attached hydrogens (tertiary/aromatic N) is 2. The Morgan fingerprint density at radius 1 is 1.43 bits per heavy atom. The Kier molecular flexibility index (Phi) is 3.68. The molecule has 1 aromatic carbocycles. The molecule has 1 aliphatic heterocycles. The molecule has 2 heterocycles. The van der Waals surface area contributed by atoms with Crippen molar-refractivity contribution in [3.8, 4) is 5.88 Å². The average molecular weight is 341 g/mol. The molecule has 2 aromatic rings. The number of ether oxygens (including phenoxy) is 1. The second kappa shape index (κ2) is 5.54. The first-order chi connectivity index (χ1) is 10.9. The molecule has 1 aliphatic rings. The Morgan fingerprint density at radius 3 is 2.96 bits per heavy atom. The van der Waals surface area contributed by atoms with Crippen molar-refractivity contribution in [3.05, 3.63) is 35.8 Å². The lowest BCUT2D eigenvalue weighted by Gasteiger charge is -2.16. The highest BCUT2D eigenvalue weighted by Crippen LogP contribution is 2.29. The van der Waals surface area contributed by atoms with Crippen LogP contribution in [-0.4, -0.2) is 35.9 Å². The number of carboxylic acid groups (broad SMARTS) is 1. The van der Waals surface area contributed by atoms with Gasteiger partial charge < -0.3 is 9.84 Å². The van der Waals surface area contributed by atoms with Crippen LogP contribution in [-0.2, 0) is 16.6 Å². The molecule has 122 valence electrons. The van der Waals surface area contributed by atoms with Gasteiger partial charge in [-0.1, -0.05) is 6.07 Å². The number of anilines is 1. The summed E-state index contributed by atoms with van der Waals surface area (Å²) in [7, 11) is -4.17. The fourth-order valence-electron chi connectivity index (χ4n) is 2.26. The van der Waals surface area contributed by atoms with Crippen LogP contribution in [0.25, 0.3) is 0 Å². The molecule has 1 aromatic heterocycles. The summed E-state index contributed by atoms with van der Waals surface area (Å²) in [5.74, 6) is -2.53. The number of aryl methyl sites for hydroxylation is 1. The largest absolute Gasteiger partial charge is 0.478 e. The number of hydrogen-bond acceptors (Lipinski definition) is 5. The van der Waals surface area contributed by atoms with E-state index in [2.05, 4.69) is 9.82 Å². The van der Waals surface area contributed by atoms with Crippen molar-refractivity contribution in [2.24, 2.45) is 0 Å². The first kappa shape index (κ1) is 15.3. The summed E-state index contributed by atoms with van der Waals surface area (Å²) in [6.45, 7) is 0.875. The highest BCUT2D eigenvalue weighted by molar-refractivity contribution is 7.92. The number of rotatable bonds is 4. The highest BCUT2D eigenvalue weighted by atomic mass is 32.2. The van der Waals surface area contributed by atoms with E-state index in [9.17, 15) is 17.6 Å². The van der Waals surface area contributed by atoms with Gasteiger partial charge in [-0.3, -0.25) is 4.72 Å². The zero-order valence-electron chi connectivity index (χ0n) is 11.7. The molecule has 23 heavy (non-hydrogen) atoms. The molecule has 0 unspecified atom stereocenters. The topological polar surface area (TPSA) is 111 Å². The summed E-state index contributed by atoms with van der Waals surface area (Å²) in [4.78, 5) is 10.9. The van der Waals surface area contributed by atoms with E-state index in [1.807, 2.05) is 0 Å². The van der Waals surface area contributed by atoms with Gasteiger partial charge in [0.2, 0.25) is 5.88 Å². The van der Waals surface area contributed by atoms with Crippen molar-refractivity contribution in [2.75, 3.05) is 11.3 Å². The van der Waals surface area contributed by atoms with Gasteiger partial charge in [0, 0.05) is 13.0 Å². The summed E-state index contributed by atoms with van der Waals surface area (Å²) in [6, 6.07) is 3.32. The molecule has 0 amide bonds. The van der Waals surface area contributed by atoms with E-state index < -0.39 is 27.4 Å². The number of carboxylic acids is 1. The molecule has 0 spiro atoms. The second-order valence-corrected chi connectivity index (χ2v) is 6.46. The molecular weight excluding hydrogens is 329 g/mol. The van der Waals surface area contributed by atoms with Crippen molar-refractivity contribution in [1.29, 1.82) is 0 Å². The van der Waals surface area contributed by atoms with E-state index in [-0.39, 0.29) is 16.5 Å². The van der Waals surface area contributed by atoms with E-state index in [0.29, 0.717) is 19.6 Å². The fourth-order valence-corrected chi connectivity index (χ4v) is 3.41. The summed E-state index contributed by atoms with van der Waals surface area (Å²) in [5.41, 5.74) is -1.12. The summed E-state index contributed by atoms with van der Waals surface area (Å²) >= 11 is 0. The Bertz CT molecular complexity index is 878. The molecule has 0 aliphatic carbocycles. The van der Waals surface area contributed by atoms with Gasteiger partial charge in [-0.25, -0.2) is 22.3 Å². The predicted octanol–water partition coefficient (Wildman–Crippen LogP) is 1.30. The molecule has 8 nitrogen and oxygen atoms in total. The van der Waals surface area contributed by atoms with Crippen LogP contribution in [0.5, 0.6) is 5.88 Å². The smallest absolute Gasteiger partial charge is 0.340 e. The minimum Gasteiger partial charge on any atom is -0.478 e. The standard InChI is InChI=1S/C13H12FN3O5S/c14-8-3-1-4-9(11(8)13(18)19)16-23(20,21)10-7-15-17-5-2-6-22-12(10)17/h1,3-4,7,16H,2,5-6H2,(H,18,19). The number of benzene rings is 1. The van der Waals surface area contributed by atoms with Crippen LogP contribution < -0.4 is 9.46 Å². The van der Waals surface area contributed by atoms with Gasteiger partial charge in [-0.2, -0.15) is 5.10 Å². The van der Waals surface area contributed by atoms with Crippen molar-refractivity contribution < 1.29 is 27.4 Å². The van der Waals surface area contributed by atoms with Crippen LogP contribution in [0.2, 0.25) is 0 Å². The quantitative estimate of drug-likeness (QED) is 0.867. The molecule has 0 bridgehead atoms. The second-order valence-electron chi connectivity index (χ2n) is 4.81. The van der Waals surface area contributed by atoms with Gasteiger partial charge in [-0.15, -0.1) is 0 Å². The molecule has 10 heteroatoms. The minimum absolute atomic E-state index is 0.0806. The lowest BCUT2D eigenvalue weighted by atomic mass is 10.2. The average Bonchev–Trinajstić information content (AvgIpc) is 2.91. The Hall–Kier alpha value is -2.62. The number of sulfonamides is 1. The van der Waals surface area contributed by atoms with Crippen molar-refractivity contribution in [1.82, 2.24) is 9.78 Å². The molecular formula is C13H12FN3O5S. The first-order valence-electron chi connectivity index (χ1n) is 6.63. The Labute approximate surface area is 130 Å². The van der Waals surface area contributed by atoms with Crippen molar-refractivity contribution >= 4 is 21.7 Å². The number of fused-ring (bicyclic) bond motifs is 1. The number of halogens is 1. The Balaban J connectivity index is 2.02. The van der Waals surface area contributed by atoms with E-state index in [0.717, 1.165) is 12.3 Å². The fraction of sp³-hybridized carbons (Fsp3) is 0.231. The highest BCUT2D eigenvalue weighted by Gasteiger charge is 2.28. The SMILES string of the molecule is O=C(O)c1c(F)cccc1NS(=O)(=O)c1cnn2c1OCCC2. The first-order valence-corrected chi connectivity index (χ1v) is 8.11. The lowest BCUT2D eigenvalue weighted by molar-refractivity contribution is 0.0693. The number of aromatic carboxylic acids is 1. The Morgan fingerprint density at radius 2 is 2.22 bits per heavy atom. The molecule has 2 N–H and O–H groups in total. The van der Waals surface area contributed by atoms with Gasteiger partial charge in [0.25, 0.3) is 10.0 Å². The molecule has 0 fully saturated rings. The van der Waals surface area contributed by atoms with Crippen LogP contribution in [0.1, 0.15) is 16.8 Å². The molecule has 0 saturated carbocycles. The minimum atomic E-state index is -4.17. The zero-order valence-corrected chi connectivity index (χ0v) is 12.5. The molecule has 3 rings (SSSR count). The van der Waals surface area contributed by atoms with Crippen LogP contribution in [0.15, 0.2) is 29.3 Å². The molecule has 0 radical (unpaired) electrons. The van der Waals surface area contributed by atoms with Crippen LogP contribution >= 0.6 is 0 Å². The maximum Gasteiger partial charge on any atom is 0.340 e. The predicted molar refractivity (Wildman–Crippen MR) is 76.5 cm³/mol. The van der Waals surface area contributed by atoms with E-state index in [1.54, 1.807) is 0 Å². The van der Waals surface area contributed by atoms with Gasteiger partial charge in [0.15, 0.2) is 4.90 Å². The van der Waals surface area contributed by atoms with Gasteiger partial charge in [0.1, 0.15) is 11.4 Å². The molecule has 0 saturated heterocycles. The summed E-state index contributed by atoms with van der Waals surface area (Å²) < 4.78 is 47.4. The number of aromatic nitrogens is 2. The van der Waals surface area contributed by atoms with Crippen molar-refractivity contribution in [3.63, 3.8) is 0 Å². The molecule has 0 atom stereocenters. The van der Waals surface area contributed by atoms with E-state index in [4.69, 9.17) is 9.84 Å². The third-order valence-electron chi connectivity index (χ3n) is 3.27. The maximum atomic E-state index is 13.6. The number of nitrogens with one attached hydrogen (secondary N) is 1. The van der Waals surface area contributed by atoms with Gasteiger partial charge in [-0.05, 0) is 12.1 Å². The maximum absolute atomic E-state index is 13.6. The van der Waals surface area contributed by atoms with Crippen LogP contribution in [0.3, 0.4) is 0 Å². The van der Waals surface area contributed by atoms with E-state index in [1.165, 1.54) is 16.8 Å². The normalized spacial score (nSPS) is 14.0. The lowest BCUT2D eigenvalue weighted by Crippen LogP contribution is -2.19. The van der Waals surface area contributed by atoms with Crippen molar-refractivity contribution in [2.45, 2.75) is 17.9 Å². The van der Waals surface area contributed by atoms with Gasteiger partial charge in [0.05, 0.1) is 18.5 Å². The third kappa shape index (κ3) is 2.72. The van der Waals surface area contributed by atoms with Crippen LogP contribution in [0, 0.1) is 5.82 Å². The van der Waals surface area contributed by atoms with E-state index >= 15 is 0 Å². The van der Waals surface area contributed by atoms with Gasteiger partial charge >= 0.3 is 5.97 Å². The zero-order chi connectivity index (χ0) is 16.6.